The van der Waals surface area contributed by atoms with E-state index in [0.717, 1.165) is 12.1 Å². The summed E-state index contributed by atoms with van der Waals surface area (Å²) in [6.45, 7) is 7.97. The zero-order valence-electron chi connectivity index (χ0n) is 11.8. The van der Waals surface area contributed by atoms with Crippen molar-refractivity contribution in [2.75, 3.05) is 6.54 Å². The first-order valence-electron chi connectivity index (χ1n) is 6.75. The van der Waals surface area contributed by atoms with E-state index >= 15 is 0 Å². The Labute approximate surface area is 113 Å². The van der Waals surface area contributed by atoms with Crippen molar-refractivity contribution < 1.29 is 0 Å². The molecule has 19 heavy (non-hydrogen) atoms. The predicted octanol–water partition coefficient (Wildman–Crippen LogP) is 2.03. The molecule has 0 aliphatic heterocycles. The highest BCUT2D eigenvalue weighted by Crippen LogP contribution is 2.06. The molecule has 1 heterocycles. The highest BCUT2D eigenvalue weighted by Gasteiger charge is 2.08. The van der Waals surface area contributed by atoms with E-state index in [1.165, 1.54) is 0 Å². The summed E-state index contributed by atoms with van der Waals surface area (Å²) >= 11 is 0. The van der Waals surface area contributed by atoms with Gasteiger partial charge in [0.05, 0.1) is 17.2 Å². The van der Waals surface area contributed by atoms with Crippen LogP contribution in [-0.4, -0.2) is 22.1 Å². The van der Waals surface area contributed by atoms with Gasteiger partial charge in [0.1, 0.15) is 0 Å². The van der Waals surface area contributed by atoms with Gasteiger partial charge in [-0.25, -0.2) is 4.98 Å². The molecule has 1 aromatic carbocycles. The highest BCUT2D eigenvalue weighted by molar-refractivity contribution is 5.76. The Morgan fingerprint density at radius 2 is 2.00 bits per heavy atom. The molecule has 0 radical (unpaired) electrons. The zero-order chi connectivity index (χ0) is 13.8. The van der Waals surface area contributed by atoms with Gasteiger partial charge < -0.3 is 5.32 Å². The molecule has 0 aliphatic rings. The minimum atomic E-state index is 0.0435. The van der Waals surface area contributed by atoms with E-state index in [0.29, 0.717) is 23.9 Å². The first-order valence-corrected chi connectivity index (χ1v) is 6.75. The van der Waals surface area contributed by atoms with E-state index in [-0.39, 0.29) is 5.56 Å². The van der Waals surface area contributed by atoms with Crippen molar-refractivity contribution in [1.82, 2.24) is 14.9 Å². The lowest BCUT2D eigenvalue weighted by Crippen LogP contribution is -2.32. The largest absolute Gasteiger partial charge is 0.314 e. The molecule has 0 amide bonds. The molecule has 1 N–H and O–H groups in total. The van der Waals surface area contributed by atoms with Gasteiger partial charge in [0, 0.05) is 12.6 Å². The van der Waals surface area contributed by atoms with Crippen LogP contribution >= 0.6 is 0 Å². The number of benzene rings is 1. The Hall–Kier alpha value is -1.68. The number of para-hydroxylation sites is 1. The van der Waals surface area contributed by atoms with E-state index in [2.05, 4.69) is 31.1 Å². The summed E-state index contributed by atoms with van der Waals surface area (Å²) in [7, 11) is 0. The maximum Gasteiger partial charge on any atom is 0.261 e. The van der Waals surface area contributed by atoms with Crippen LogP contribution in [0.25, 0.3) is 10.9 Å². The molecule has 1 aromatic heterocycles. The summed E-state index contributed by atoms with van der Waals surface area (Å²) in [6, 6.07) is 7.94. The van der Waals surface area contributed by atoms with Crippen molar-refractivity contribution in [2.45, 2.75) is 33.4 Å². The van der Waals surface area contributed by atoms with Crippen LogP contribution in [0.3, 0.4) is 0 Å². The average molecular weight is 259 g/mol. The third-order valence-corrected chi connectivity index (χ3v) is 3.11. The summed E-state index contributed by atoms with van der Waals surface area (Å²) in [5.41, 5.74) is 0.804. The van der Waals surface area contributed by atoms with E-state index in [1.54, 1.807) is 10.9 Å². The summed E-state index contributed by atoms with van der Waals surface area (Å²) in [5, 5.41) is 4.08. The van der Waals surface area contributed by atoms with E-state index in [4.69, 9.17) is 0 Å². The molecule has 0 saturated carbocycles. The minimum Gasteiger partial charge on any atom is -0.314 e. The monoisotopic (exact) mass is 259 g/mol. The number of rotatable bonds is 5. The molecule has 1 atom stereocenters. The maximum atomic E-state index is 12.3. The van der Waals surface area contributed by atoms with Crippen LogP contribution in [0.1, 0.15) is 20.8 Å². The first kappa shape index (κ1) is 13.7. The summed E-state index contributed by atoms with van der Waals surface area (Å²) in [5.74, 6) is 0.392. The Morgan fingerprint density at radius 1 is 1.26 bits per heavy atom. The molecule has 0 saturated heterocycles. The van der Waals surface area contributed by atoms with E-state index in [9.17, 15) is 4.79 Å². The standard InChI is InChI=1S/C15H21N3O/c1-11(2)16-8-12(3)9-18-10-17-14-7-5-4-6-13(14)15(18)19/h4-7,10-12,16H,8-9H2,1-3H3. The smallest absolute Gasteiger partial charge is 0.261 e. The van der Waals surface area contributed by atoms with Crippen molar-refractivity contribution in [3.8, 4) is 0 Å². The molecular weight excluding hydrogens is 238 g/mol. The molecule has 0 bridgehead atoms. The second kappa shape index (κ2) is 5.97. The van der Waals surface area contributed by atoms with Crippen LogP contribution in [0.2, 0.25) is 0 Å². The lowest BCUT2D eigenvalue weighted by Gasteiger charge is -2.16. The Balaban J connectivity index is 2.17. The molecule has 4 nitrogen and oxygen atoms in total. The Kier molecular flexibility index (Phi) is 4.32. The highest BCUT2D eigenvalue weighted by atomic mass is 16.1. The fraction of sp³-hybridized carbons (Fsp3) is 0.467. The van der Waals surface area contributed by atoms with Crippen LogP contribution in [0.15, 0.2) is 35.4 Å². The van der Waals surface area contributed by atoms with Crippen molar-refractivity contribution in [2.24, 2.45) is 5.92 Å². The van der Waals surface area contributed by atoms with Crippen LogP contribution in [0.4, 0.5) is 0 Å². The van der Waals surface area contributed by atoms with Gasteiger partial charge in [-0.2, -0.15) is 0 Å². The topological polar surface area (TPSA) is 46.9 Å². The molecule has 0 aliphatic carbocycles. The average Bonchev–Trinajstić information content (AvgIpc) is 2.40. The molecular formula is C15H21N3O. The molecule has 0 fully saturated rings. The van der Waals surface area contributed by atoms with Crippen LogP contribution in [0, 0.1) is 5.92 Å². The summed E-state index contributed by atoms with van der Waals surface area (Å²) in [4.78, 5) is 16.6. The molecule has 102 valence electrons. The van der Waals surface area contributed by atoms with Crippen molar-refractivity contribution >= 4 is 10.9 Å². The number of fused-ring (bicyclic) bond motifs is 1. The summed E-state index contributed by atoms with van der Waals surface area (Å²) in [6.07, 6.45) is 1.65. The van der Waals surface area contributed by atoms with Gasteiger partial charge in [0.2, 0.25) is 0 Å². The van der Waals surface area contributed by atoms with E-state index in [1.807, 2.05) is 24.3 Å². The van der Waals surface area contributed by atoms with Crippen molar-refractivity contribution in [3.63, 3.8) is 0 Å². The Bertz CT molecular complexity index is 604. The van der Waals surface area contributed by atoms with Gasteiger partial charge >= 0.3 is 0 Å². The summed E-state index contributed by atoms with van der Waals surface area (Å²) < 4.78 is 1.70. The second-order valence-electron chi connectivity index (χ2n) is 5.39. The fourth-order valence-corrected chi connectivity index (χ4v) is 2.07. The maximum absolute atomic E-state index is 12.3. The quantitative estimate of drug-likeness (QED) is 0.893. The predicted molar refractivity (Wildman–Crippen MR) is 78.3 cm³/mol. The van der Waals surface area contributed by atoms with E-state index < -0.39 is 0 Å². The van der Waals surface area contributed by atoms with Crippen LogP contribution < -0.4 is 10.9 Å². The number of hydrogen-bond acceptors (Lipinski definition) is 3. The molecule has 2 rings (SSSR count). The van der Waals surface area contributed by atoms with Gasteiger partial charge in [-0.05, 0) is 24.6 Å². The van der Waals surface area contributed by atoms with Crippen molar-refractivity contribution in [1.29, 1.82) is 0 Å². The number of hydrogen-bond donors (Lipinski definition) is 1. The SMILES string of the molecule is CC(CNC(C)C)Cn1cnc2ccccc2c1=O. The third kappa shape index (κ3) is 3.41. The molecule has 1 unspecified atom stereocenters. The second-order valence-corrected chi connectivity index (χ2v) is 5.39. The lowest BCUT2D eigenvalue weighted by molar-refractivity contribution is 0.419. The van der Waals surface area contributed by atoms with Crippen molar-refractivity contribution in [3.05, 3.63) is 40.9 Å². The number of aromatic nitrogens is 2. The lowest BCUT2D eigenvalue weighted by atomic mass is 10.1. The number of nitrogens with one attached hydrogen (secondary N) is 1. The Morgan fingerprint density at radius 3 is 2.74 bits per heavy atom. The molecule has 0 spiro atoms. The normalized spacial score (nSPS) is 13.1. The van der Waals surface area contributed by atoms with Gasteiger partial charge in [0.15, 0.2) is 0 Å². The minimum absolute atomic E-state index is 0.0435. The van der Waals surface area contributed by atoms with Gasteiger partial charge in [-0.3, -0.25) is 9.36 Å². The van der Waals surface area contributed by atoms with Crippen LogP contribution in [0.5, 0.6) is 0 Å². The molecule has 4 heteroatoms. The van der Waals surface area contributed by atoms with Gasteiger partial charge in [-0.15, -0.1) is 0 Å². The first-order chi connectivity index (χ1) is 9.08. The fourth-order valence-electron chi connectivity index (χ4n) is 2.07. The zero-order valence-corrected chi connectivity index (χ0v) is 11.8. The van der Waals surface area contributed by atoms with Gasteiger partial charge in [0.25, 0.3) is 5.56 Å². The molecule has 2 aromatic rings. The van der Waals surface area contributed by atoms with Gasteiger partial charge in [-0.1, -0.05) is 32.9 Å². The van der Waals surface area contributed by atoms with Crippen LogP contribution in [-0.2, 0) is 6.54 Å². The third-order valence-electron chi connectivity index (χ3n) is 3.11. The number of nitrogens with zero attached hydrogens (tertiary/aromatic N) is 2.